The summed E-state index contributed by atoms with van der Waals surface area (Å²) in [6, 6.07) is 10.7. The zero-order valence-corrected chi connectivity index (χ0v) is 14.4. The third kappa shape index (κ3) is 4.02. The van der Waals surface area contributed by atoms with E-state index in [2.05, 4.69) is 10.6 Å². The van der Waals surface area contributed by atoms with E-state index in [9.17, 15) is 9.59 Å². The Hall–Kier alpha value is -2.60. The van der Waals surface area contributed by atoms with Crippen LogP contribution in [0.5, 0.6) is 0 Å². The molecule has 0 radical (unpaired) electrons. The van der Waals surface area contributed by atoms with Crippen LogP contribution in [0.3, 0.4) is 0 Å². The molecule has 0 spiro atoms. The summed E-state index contributed by atoms with van der Waals surface area (Å²) >= 11 is 0. The molecule has 1 unspecified atom stereocenters. The van der Waals surface area contributed by atoms with Crippen LogP contribution in [0.4, 0.5) is 0 Å². The molecule has 0 aliphatic carbocycles. The summed E-state index contributed by atoms with van der Waals surface area (Å²) in [5.74, 6) is 0.347. The fraction of sp³-hybridized carbons (Fsp3) is 0.333. The van der Waals surface area contributed by atoms with E-state index in [1.165, 1.54) is 7.05 Å². The van der Waals surface area contributed by atoms with Crippen LogP contribution in [0.1, 0.15) is 33.5 Å². The number of benzene rings is 1. The average molecular weight is 329 g/mol. The third-order valence-corrected chi connectivity index (χ3v) is 3.80. The van der Waals surface area contributed by atoms with Gasteiger partial charge in [-0.15, -0.1) is 0 Å². The minimum Gasteiger partial charge on any atom is -0.454 e. The number of hydrogen-bond acceptors (Lipinski definition) is 4. The van der Waals surface area contributed by atoms with Gasteiger partial charge in [0.15, 0.2) is 5.76 Å². The molecule has 0 bridgehead atoms. The summed E-state index contributed by atoms with van der Waals surface area (Å²) in [6.07, 6.45) is 0. The van der Waals surface area contributed by atoms with Gasteiger partial charge in [-0.2, -0.15) is 0 Å². The second-order valence-corrected chi connectivity index (χ2v) is 5.79. The van der Waals surface area contributed by atoms with Crippen LogP contribution in [-0.2, 0) is 11.3 Å². The molecule has 2 aromatic rings. The number of carbonyl (C=O) groups excluding carboxylic acids is 2. The lowest BCUT2D eigenvalue weighted by Gasteiger charge is -2.25. The Balaban J connectivity index is 2.08. The average Bonchev–Trinajstić information content (AvgIpc) is 3.03. The SMILES string of the molecule is CNC(=O)c1ccc(CNC(=O)C(c2ccccc2C)N(C)C)o1. The Kier molecular flexibility index (Phi) is 5.76. The van der Waals surface area contributed by atoms with Crippen molar-refractivity contribution >= 4 is 11.8 Å². The van der Waals surface area contributed by atoms with E-state index in [-0.39, 0.29) is 30.2 Å². The van der Waals surface area contributed by atoms with Gasteiger partial charge in [0.2, 0.25) is 5.91 Å². The van der Waals surface area contributed by atoms with Crippen LogP contribution >= 0.6 is 0 Å². The van der Waals surface area contributed by atoms with Crippen molar-refractivity contribution in [2.24, 2.45) is 0 Å². The second kappa shape index (κ2) is 7.79. The highest BCUT2D eigenvalue weighted by atomic mass is 16.4. The third-order valence-electron chi connectivity index (χ3n) is 3.80. The van der Waals surface area contributed by atoms with Gasteiger partial charge in [-0.05, 0) is 44.3 Å². The molecule has 0 saturated heterocycles. The van der Waals surface area contributed by atoms with Gasteiger partial charge in [-0.3, -0.25) is 14.5 Å². The molecule has 24 heavy (non-hydrogen) atoms. The highest BCUT2D eigenvalue weighted by Gasteiger charge is 2.24. The molecule has 1 atom stereocenters. The number of nitrogens with one attached hydrogen (secondary N) is 2. The zero-order chi connectivity index (χ0) is 17.7. The van der Waals surface area contributed by atoms with Crippen molar-refractivity contribution in [3.05, 3.63) is 59.0 Å². The van der Waals surface area contributed by atoms with Gasteiger partial charge in [-0.25, -0.2) is 0 Å². The number of amides is 2. The van der Waals surface area contributed by atoms with E-state index >= 15 is 0 Å². The Morgan fingerprint density at radius 1 is 1.17 bits per heavy atom. The molecule has 0 aliphatic rings. The largest absolute Gasteiger partial charge is 0.454 e. The molecule has 2 N–H and O–H groups in total. The minimum absolute atomic E-state index is 0.118. The van der Waals surface area contributed by atoms with Crippen LogP contribution in [0.2, 0.25) is 0 Å². The van der Waals surface area contributed by atoms with Crippen LogP contribution in [0.25, 0.3) is 0 Å². The van der Waals surface area contributed by atoms with Gasteiger partial charge in [0, 0.05) is 7.05 Å². The zero-order valence-electron chi connectivity index (χ0n) is 14.4. The summed E-state index contributed by atoms with van der Waals surface area (Å²) in [5, 5.41) is 5.36. The van der Waals surface area contributed by atoms with E-state index in [4.69, 9.17) is 4.42 Å². The first-order valence-electron chi connectivity index (χ1n) is 7.74. The van der Waals surface area contributed by atoms with Crippen molar-refractivity contribution < 1.29 is 14.0 Å². The van der Waals surface area contributed by atoms with Gasteiger partial charge in [0.25, 0.3) is 5.91 Å². The summed E-state index contributed by atoms with van der Waals surface area (Å²) in [7, 11) is 5.27. The summed E-state index contributed by atoms with van der Waals surface area (Å²) < 4.78 is 5.42. The van der Waals surface area contributed by atoms with Crippen LogP contribution in [0.15, 0.2) is 40.8 Å². The van der Waals surface area contributed by atoms with Crippen molar-refractivity contribution in [1.29, 1.82) is 0 Å². The van der Waals surface area contributed by atoms with Crippen molar-refractivity contribution in [2.75, 3.05) is 21.1 Å². The Labute approximate surface area is 141 Å². The standard InChI is InChI=1S/C18H23N3O3/c1-12-7-5-6-8-14(12)16(21(3)4)18(23)20-11-13-9-10-15(24-13)17(22)19-2/h5-10,16H,11H2,1-4H3,(H,19,22)(H,20,23). The minimum atomic E-state index is -0.389. The normalized spacial score (nSPS) is 12.0. The molecule has 6 nitrogen and oxygen atoms in total. The van der Waals surface area contributed by atoms with Crippen LogP contribution in [-0.4, -0.2) is 37.9 Å². The summed E-state index contributed by atoms with van der Waals surface area (Å²) in [5.41, 5.74) is 2.02. The Bertz CT molecular complexity index is 722. The molecule has 1 aromatic carbocycles. The lowest BCUT2D eigenvalue weighted by molar-refractivity contribution is -0.126. The van der Waals surface area contributed by atoms with E-state index < -0.39 is 0 Å². The van der Waals surface area contributed by atoms with Gasteiger partial charge >= 0.3 is 0 Å². The van der Waals surface area contributed by atoms with Gasteiger partial charge in [0.05, 0.1) is 6.54 Å². The monoisotopic (exact) mass is 329 g/mol. The topological polar surface area (TPSA) is 74.6 Å². The smallest absolute Gasteiger partial charge is 0.286 e. The highest BCUT2D eigenvalue weighted by molar-refractivity contribution is 5.91. The number of carbonyl (C=O) groups is 2. The van der Waals surface area contributed by atoms with E-state index in [0.29, 0.717) is 5.76 Å². The Morgan fingerprint density at radius 3 is 2.50 bits per heavy atom. The van der Waals surface area contributed by atoms with Gasteiger partial charge in [0.1, 0.15) is 11.8 Å². The molecule has 128 valence electrons. The fourth-order valence-corrected chi connectivity index (χ4v) is 2.54. The summed E-state index contributed by atoms with van der Waals surface area (Å²) in [6.45, 7) is 2.22. The number of nitrogens with zero attached hydrogens (tertiary/aromatic N) is 1. The maximum Gasteiger partial charge on any atom is 0.286 e. The molecule has 0 fully saturated rings. The van der Waals surface area contributed by atoms with Crippen LogP contribution in [0, 0.1) is 6.92 Å². The number of likely N-dealkylation sites (N-methyl/N-ethyl adjacent to an activating group) is 1. The molecule has 6 heteroatoms. The van der Waals surface area contributed by atoms with Gasteiger partial charge < -0.3 is 15.1 Å². The predicted molar refractivity (Wildman–Crippen MR) is 91.6 cm³/mol. The summed E-state index contributed by atoms with van der Waals surface area (Å²) in [4.78, 5) is 26.0. The van der Waals surface area contributed by atoms with E-state index in [1.54, 1.807) is 12.1 Å². The molecule has 2 amide bonds. The molecule has 1 aromatic heterocycles. The van der Waals surface area contributed by atoms with Crippen molar-refractivity contribution in [3.63, 3.8) is 0 Å². The molecule has 2 rings (SSSR count). The number of hydrogen-bond donors (Lipinski definition) is 2. The predicted octanol–water partition coefficient (Wildman–Crippen LogP) is 1.87. The first-order chi connectivity index (χ1) is 11.4. The number of aryl methyl sites for hydroxylation is 1. The molecule has 1 heterocycles. The lowest BCUT2D eigenvalue weighted by atomic mass is 10.00. The van der Waals surface area contributed by atoms with E-state index in [0.717, 1.165) is 11.1 Å². The molecule has 0 saturated carbocycles. The lowest BCUT2D eigenvalue weighted by Crippen LogP contribution is -2.37. The van der Waals surface area contributed by atoms with Crippen molar-refractivity contribution in [3.8, 4) is 0 Å². The quantitative estimate of drug-likeness (QED) is 0.848. The Morgan fingerprint density at radius 2 is 1.88 bits per heavy atom. The molecular formula is C18H23N3O3. The molecular weight excluding hydrogens is 306 g/mol. The van der Waals surface area contributed by atoms with Crippen LogP contribution < -0.4 is 10.6 Å². The number of furan rings is 1. The highest BCUT2D eigenvalue weighted by Crippen LogP contribution is 2.22. The van der Waals surface area contributed by atoms with E-state index in [1.807, 2.05) is 50.2 Å². The van der Waals surface area contributed by atoms with Gasteiger partial charge in [-0.1, -0.05) is 24.3 Å². The maximum atomic E-state index is 12.6. The molecule has 0 aliphatic heterocycles. The first-order valence-corrected chi connectivity index (χ1v) is 7.74. The van der Waals surface area contributed by atoms with Crippen molar-refractivity contribution in [2.45, 2.75) is 19.5 Å². The maximum absolute atomic E-state index is 12.6. The fourth-order valence-electron chi connectivity index (χ4n) is 2.54. The first kappa shape index (κ1) is 17.7. The number of rotatable bonds is 6. The van der Waals surface area contributed by atoms with Crippen molar-refractivity contribution in [1.82, 2.24) is 15.5 Å². The second-order valence-electron chi connectivity index (χ2n) is 5.79.